The summed E-state index contributed by atoms with van der Waals surface area (Å²) in [6.45, 7) is -0.156. The SMILES string of the molecule is O=C(NCC(=O)c1ccco1)c1ccn(-c2cccc(Cl)c2)n1. The molecule has 0 bridgehead atoms. The van der Waals surface area contributed by atoms with E-state index in [9.17, 15) is 9.59 Å². The van der Waals surface area contributed by atoms with Crippen LogP contribution in [-0.4, -0.2) is 28.0 Å². The molecule has 0 radical (unpaired) electrons. The summed E-state index contributed by atoms with van der Waals surface area (Å²) in [5.41, 5.74) is 0.945. The van der Waals surface area contributed by atoms with Crippen LogP contribution in [0.25, 0.3) is 5.69 Å². The van der Waals surface area contributed by atoms with Crippen molar-refractivity contribution >= 4 is 23.3 Å². The Morgan fingerprint density at radius 1 is 1.22 bits per heavy atom. The van der Waals surface area contributed by atoms with Crippen LogP contribution in [0.4, 0.5) is 0 Å². The molecule has 23 heavy (non-hydrogen) atoms. The van der Waals surface area contributed by atoms with E-state index in [0.717, 1.165) is 5.69 Å². The van der Waals surface area contributed by atoms with Crippen molar-refractivity contribution in [2.24, 2.45) is 0 Å². The third-order valence-electron chi connectivity index (χ3n) is 3.10. The molecule has 116 valence electrons. The molecule has 2 heterocycles. The molecule has 3 aromatic rings. The lowest BCUT2D eigenvalue weighted by molar-refractivity contribution is 0.0889. The van der Waals surface area contributed by atoms with Crippen LogP contribution in [-0.2, 0) is 0 Å². The number of hydrogen-bond acceptors (Lipinski definition) is 4. The minimum atomic E-state index is -0.439. The molecule has 6 nitrogen and oxygen atoms in total. The first-order chi connectivity index (χ1) is 11.1. The monoisotopic (exact) mass is 329 g/mol. The first kappa shape index (κ1) is 15.1. The Kier molecular flexibility index (Phi) is 4.25. The summed E-state index contributed by atoms with van der Waals surface area (Å²) in [5.74, 6) is -0.543. The van der Waals surface area contributed by atoms with Gasteiger partial charge in [-0.2, -0.15) is 5.10 Å². The van der Waals surface area contributed by atoms with Crippen LogP contribution in [0.15, 0.2) is 59.3 Å². The fraction of sp³-hybridized carbons (Fsp3) is 0.0625. The number of hydrogen-bond donors (Lipinski definition) is 1. The van der Waals surface area contributed by atoms with E-state index in [0.29, 0.717) is 5.02 Å². The molecule has 0 saturated heterocycles. The van der Waals surface area contributed by atoms with Crippen molar-refractivity contribution in [3.8, 4) is 5.69 Å². The maximum absolute atomic E-state index is 12.0. The molecule has 0 unspecified atom stereocenters. The van der Waals surface area contributed by atoms with Crippen molar-refractivity contribution in [1.29, 1.82) is 0 Å². The lowest BCUT2D eigenvalue weighted by atomic mass is 10.3. The van der Waals surface area contributed by atoms with Gasteiger partial charge >= 0.3 is 0 Å². The number of nitrogens with zero attached hydrogens (tertiary/aromatic N) is 2. The van der Waals surface area contributed by atoms with Gasteiger partial charge in [0.1, 0.15) is 0 Å². The molecule has 0 saturated carbocycles. The quantitative estimate of drug-likeness (QED) is 0.730. The molecular formula is C16H12ClN3O3. The van der Waals surface area contributed by atoms with Crippen molar-refractivity contribution in [1.82, 2.24) is 15.1 Å². The Balaban J connectivity index is 1.66. The van der Waals surface area contributed by atoms with Crippen molar-refractivity contribution in [3.63, 3.8) is 0 Å². The number of benzene rings is 1. The first-order valence-corrected chi connectivity index (χ1v) is 7.18. The number of carbonyl (C=O) groups is 2. The van der Waals surface area contributed by atoms with E-state index < -0.39 is 5.91 Å². The fourth-order valence-electron chi connectivity index (χ4n) is 1.98. The second kappa shape index (κ2) is 6.50. The highest BCUT2D eigenvalue weighted by Crippen LogP contribution is 2.14. The number of nitrogens with one attached hydrogen (secondary N) is 1. The van der Waals surface area contributed by atoms with Gasteiger partial charge in [-0.1, -0.05) is 17.7 Å². The van der Waals surface area contributed by atoms with E-state index in [1.807, 2.05) is 6.07 Å². The van der Waals surface area contributed by atoms with Gasteiger partial charge in [-0.3, -0.25) is 9.59 Å². The summed E-state index contributed by atoms with van der Waals surface area (Å²) in [6.07, 6.45) is 3.05. The normalized spacial score (nSPS) is 10.5. The number of aromatic nitrogens is 2. The van der Waals surface area contributed by atoms with Gasteiger partial charge in [0.2, 0.25) is 5.78 Å². The fourth-order valence-corrected chi connectivity index (χ4v) is 2.17. The Morgan fingerprint density at radius 2 is 2.09 bits per heavy atom. The molecule has 0 aliphatic rings. The molecular weight excluding hydrogens is 318 g/mol. The number of halogens is 1. The van der Waals surface area contributed by atoms with Gasteiger partial charge in [0, 0.05) is 11.2 Å². The van der Waals surface area contributed by atoms with Crippen molar-refractivity contribution in [2.45, 2.75) is 0 Å². The topological polar surface area (TPSA) is 77.1 Å². The summed E-state index contributed by atoms with van der Waals surface area (Å²) >= 11 is 5.93. The van der Waals surface area contributed by atoms with E-state index in [1.165, 1.54) is 10.9 Å². The van der Waals surface area contributed by atoms with E-state index in [4.69, 9.17) is 16.0 Å². The van der Waals surface area contributed by atoms with Crippen LogP contribution in [0.3, 0.4) is 0 Å². The van der Waals surface area contributed by atoms with Crippen molar-refractivity contribution < 1.29 is 14.0 Å². The van der Waals surface area contributed by atoms with Gasteiger partial charge in [0.15, 0.2) is 11.5 Å². The summed E-state index contributed by atoms with van der Waals surface area (Å²) in [6, 6.07) is 11.8. The molecule has 3 rings (SSSR count). The number of amides is 1. The van der Waals surface area contributed by atoms with E-state index in [1.54, 1.807) is 42.6 Å². The minimum Gasteiger partial charge on any atom is -0.461 e. The predicted octanol–water partition coefficient (Wildman–Crippen LogP) is 2.73. The van der Waals surface area contributed by atoms with Gasteiger partial charge in [-0.15, -0.1) is 0 Å². The maximum atomic E-state index is 12.0. The number of furan rings is 1. The Bertz CT molecular complexity index is 840. The molecule has 1 aromatic carbocycles. The van der Waals surface area contributed by atoms with Crippen LogP contribution in [0.5, 0.6) is 0 Å². The second-order valence-corrected chi connectivity index (χ2v) is 5.15. The zero-order valence-electron chi connectivity index (χ0n) is 11.9. The van der Waals surface area contributed by atoms with Gasteiger partial charge in [-0.05, 0) is 36.4 Å². The Labute approximate surface area is 136 Å². The molecule has 0 spiro atoms. The number of Topliss-reactive ketones (excluding diaryl/α,β-unsaturated/α-hetero) is 1. The highest BCUT2D eigenvalue weighted by molar-refractivity contribution is 6.30. The van der Waals surface area contributed by atoms with Crippen LogP contribution >= 0.6 is 11.6 Å². The highest BCUT2D eigenvalue weighted by atomic mass is 35.5. The smallest absolute Gasteiger partial charge is 0.272 e. The zero-order chi connectivity index (χ0) is 16.2. The van der Waals surface area contributed by atoms with E-state index >= 15 is 0 Å². The van der Waals surface area contributed by atoms with Crippen LogP contribution in [0, 0.1) is 0 Å². The van der Waals surface area contributed by atoms with Gasteiger partial charge in [-0.25, -0.2) is 4.68 Å². The first-order valence-electron chi connectivity index (χ1n) is 6.80. The third-order valence-corrected chi connectivity index (χ3v) is 3.34. The van der Waals surface area contributed by atoms with Gasteiger partial charge in [0.05, 0.1) is 18.5 Å². The van der Waals surface area contributed by atoms with Crippen LogP contribution in [0.2, 0.25) is 5.02 Å². The Morgan fingerprint density at radius 3 is 2.83 bits per heavy atom. The largest absolute Gasteiger partial charge is 0.461 e. The predicted molar refractivity (Wildman–Crippen MR) is 83.9 cm³/mol. The van der Waals surface area contributed by atoms with Gasteiger partial charge < -0.3 is 9.73 Å². The van der Waals surface area contributed by atoms with E-state index in [-0.39, 0.29) is 23.8 Å². The Hall–Kier alpha value is -2.86. The molecule has 0 atom stereocenters. The standard InChI is InChI=1S/C16H12ClN3O3/c17-11-3-1-4-12(9-11)20-7-6-13(19-20)16(22)18-10-14(21)15-5-2-8-23-15/h1-9H,10H2,(H,18,22). The van der Waals surface area contributed by atoms with Crippen LogP contribution in [0.1, 0.15) is 21.0 Å². The number of ketones is 1. The molecule has 1 N–H and O–H groups in total. The number of carbonyl (C=O) groups excluding carboxylic acids is 2. The highest BCUT2D eigenvalue weighted by Gasteiger charge is 2.14. The average Bonchev–Trinajstić information content (AvgIpc) is 3.23. The lowest BCUT2D eigenvalue weighted by Crippen LogP contribution is -2.29. The molecule has 0 aliphatic carbocycles. The molecule has 0 fully saturated rings. The summed E-state index contributed by atoms with van der Waals surface area (Å²) in [5, 5.41) is 7.26. The van der Waals surface area contributed by atoms with Crippen molar-refractivity contribution in [3.05, 3.63) is 71.4 Å². The average molecular weight is 330 g/mol. The summed E-state index contributed by atoms with van der Waals surface area (Å²) in [7, 11) is 0. The van der Waals surface area contributed by atoms with E-state index in [2.05, 4.69) is 10.4 Å². The van der Waals surface area contributed by atoms with Crippen LogP contribution < -0.4 is 5.32 Å². The van der Waals surface area contributed by atoms with Gasteiger partial charge in [0.25, 0.3) is 5.91 Å². The molecule has 2 aromatic heterocycles. The second-order valence-electron chi connectivity index (χ2n) is 4.71. The minimum absolute atomic E-state index is 0.156. The maximum Gasteiger partial charge on any atom is 0.272 e. The summed E-state index contributed by atoms with van der Waals surface area (Å²) in [4.78, 5) is 23.8. The number of rotatable bonds is 5. The molecule has 1 amide bonds. The third kappa shape index (κ3) is 3.49. The van der Waals surface area contributed by atoms with Crippen molar-refractivity contribution in [2.75, 3.05) is 6.54 Å². The zero-order valence-corrected chi connectivity index (χ0v) is 12.7. The lowest BCUT2D eigenvalue weighted by Gasteiger charge is -2.02. The summed E-state index contributed by atoms with van der Waals surface area (Å²) < 4.78 is 6.51. The molecule has 0 aliphatic heterocycles. The molecule has 7 heteroatoms.